The monoisotopic (exact) mass is 466 g/mol. The molecule has 0 bridgehead atoms. The third-order valence-electron chi connectivity index (χ3n) is 6.35. The summed E-state index contributed by atoms with van der Waals surface area (Å²) in [6.45, 7) is 7.82. The highest BCUT2D eigenvalue weighted by atomic mass is 32.1. The summed E-state index contributed by atoms with van der Waals surface area (Å²) in [6, 6.07) is 8.25. The number of carbonyl (C=O) groups is 2. The minimum atomic E-state index is -0.221. The number of amides is 2. The quantitative estimate of drug-likeness (QED) is 0.554. The maximum atomic E-state index is 13.1. The van der Waals surface area contributed by atoms with E-state index in [-0.39, 0.29) is 23.3 Å². The molecule has 0 radical (unpaired) electrons. The Bertz CT molecular complexity index is 1020. The van der Waals surface area contributed by atoms with Crippen LogP contribution in [0.4, 0.5) is 5.00 Å². The van der Waals surface area contributed by atoms with Gasteiger partial charge in [0.05, 0.1) is 11.7 Å². The van der Waals surface area contributed by atoms with Crippen LogP contribution >= 0.6 is 11.3 Å². The first-order valence-corrected chi connectivity index (χ1v) is 12.8. The Hall–Kier alpha value is -2.44. The summed E-state index contributed by atoms with van der Waals surface area (Å²) in [5.74, 6) is -0.330. The van der Waals surface area contributed by atoms with Gasteiger partial charge in [-0.25, -0.2) is 0 Å². The summed E-state index contributed by atoms with van der Waals surface area (Å²) in [7, 11) is 0. The lowest BCUT2D eigenvalue weighted by molar-refractivity contribution is -0.111. The van der Waals surface area contributed by atoms with Crippen LogP contribution in [0.1, 0.15) is 78.4 Å². The van der Waals surface area contributed by atoms with Gasteiger partial charge in [-0.05, 0) is 66.7 Å². The van der Waals surface area contributed by atoms with Crippen molar-refractivity contribution in [2.24, 2.45) is 0 Å². The van der Waals surface area contributed by atoms with Gasteiger partial charge < -0.3 is 15.4 Å². The number of fused-ring (bicyclic) bond motifs is 1. The number of rotatable bonds is 6. The first-order chi connectivity index (χ1) is 15.8. The van der Waals surface area contributed by atoms with Gasteiger partial charge in [-0.3, -0.25) is 9.59 Å². The summed E-state index contributed by atoms with van der Waals surface area (Å²) < 4.78 is 5.64. The smallest absolute Gasteiger partial charge is 0.254 e. The van der Waals surface area contributed by atoms with E-state index in [0.717, 1.165) is 56.3 Å². The fourth-order valence-corrected chi connectivity index (χ4v) is 5.70. The van der Waals surface area contributed by atoms with Crippen LogP contribution in [0.15, 0.2) is 30.3 Å². The van der Waals surface area contributed by atoms with Crippen LogP contribution in [-0.4, -0.2) is 31.1 Å². The number of nitrogens with one attached hydrogen (secondary N) is 2. The molecule has 0 unspecified atom stereocenters. The average Bonchev–Trinajstić information content (AvgIpc) is 3.43. The molecule has 5 nitrogen and oxygen atoms in total. The third kappa shape index (κ3) is 5.92. The molecule has 176 valence electrons. The van der Waals surface area contributed by atoms with Crippen LogP contribution in [-0.2, 0) is 27.8 Å². The minimum absolute atomic E-state index is 0.0917. The van der Waals surface area contributed by atoms with Crippen molar-refractivity contribution in [2.45, 2.75) is 70.8 Å². The normalized spacial score (nSPS) is 18.3. The Morgan fingerprint density at radius 1 is 1.12 bits per heavy atom. The Labute approximate surface area is 200 Å². The molecule has 1 aromatic carbocycles. The SMILES string of the molecule is CC(C)(C)c1ccc(/C=C/C(=O)Nc2sc3c(c2C(=O)NC[C@@H]2CCCO2)CCCC3)cc1. The van der Waals surface area contributed by atoms with Gasteiger partial charge in [0.25, 0.3) is 5.91 Å². The van der Waals surface area contributed by atoms with Crippen molar-refractivity contribution in [3.05, 3.63) is 57.5 Å². The number of benzene rings is 1. The van der Waals surface area contributed by atoms with Gasteiger partial charge in [0.2, 0.25) is 5.91 Å². The highest BCUT2D eigenvalue weighted by molar-refractivity contribution is 7.17. The van der Waals surface area contributed by atoms with E-state index >= 15 is 0 Å². The van der Waals surface area contributed by atoms with E-state index in [4.69, 9.17) is 4.74 Å². The average molecular weight is 467 g/mol. The van der Waals surface area contributed by atoms with Crippen LogP contribution in [0.5, 0.6) is 0 Å². The molecule has 6 heteroatoms. The zero-order chi connectivity index (χ0) is 23.4. The van der Waals surface area contributed by atoms with Crippen LogP contribution in [0.25, 0.3) is 6.08 Å². The first kappa shape index (κ1) is 23.7. The molecule has 4 rings (SSSR count). The van der Waals surface area contributed by atoms with Gasteiger partial charge in [-0.1, -0.05) is 45.0 Å². The van der Waals surface area contributed by atoms with Gasteiger partial charge >= 0.3 is 0 Å². The predicted octanol–water partition coefficient (Wildman–Crippen LogP) is 5.49. The molecule has 0 saturated carbocycles. The standard InChI is InChI=1S/C27H34N2O3S/c1-27(2,3)19-13-10-18(11-14-19)12-15-23(30)29-26-24(21-8-4-5-9-22(21)33-26)25(31)28-17-20-7-6-16-32-20/h10-15,20H,4-9,16-17H2,1-3H3,(H,28,31)(H,29,30)/b15-12+/t20-/m0/s1. The highest BCUT2D eigenvalue weighted by Crippen LogP contribution is 2.38. The van der Waals surface area contributed by atoms with E-state index < -0.39 is 0 Å². The second-order valence-corrected chi connectivity index (χ2v) is 11.1. The second-order valence-electron chi connectivity index (χ2n) is 9.95. The molecule has 2 heterocycles. The van der Waals surface area contributed by atoms with E-state index in [2.05, 4.69) is 43.5 Å². The van der Waals surface area contributed by atoms with Crippen molar-refractivity contribution in [1.29, 1.82) is 0 Å². The number of carbonyl (C=O) groups excluding carboxylic acids is 2. The molecule has 33 heavy (non-hydrogen) atoms. The maximum Gasteiger partial charge on any atom is 0.254 e. The number of hydrogen-bond donors (Lipinski definition) is 2. The number of hydrogen-bond acceptors (Lipinski definition) is 4. The Kier molecular flexibility index (Phi) is 7.35. The molecule has 2 aromatic rings. The van der Waals surface area contributed by atoms with E-state index in [0.29, 0.717) is 17.1 Å². The molecule has 2 aliphatic rings. The maximum absolute atomic E-state index is 13.1. The van der Waals surface area contributed by atoms with Gasteiger partial charge in [0.15, 0.2) is 0 Å². The second kappa shape index (κ2) is 10.2. The lowest BCUT2D eigenvalue weighted by Gasteiger charge is -2.18. The first-order valence-electron chi connectivity index (χ1n) is 12.0. The summed E-state index contributed by atoms with van der Waals surface area (Å²) in [4.78, 5) is 27.0. The molecule has 1 atom stereocenters. The third-order valence-corrected chi connectivity index (χ3v) is 7.56. The Balaban J connectivity index is 1.46. The topological polar surface area (TPSA) is 67.4 Å². The number of aryl methyl sites for hydroxylation is 1. The summed E-state index contributed by atoms with van der Waals surface area (Å²) in [5.41, 5.74) is 4.07. The van der Waals surface area contributed by atoms with Crippen LogP contribution in [0, 0.1) is 0 Å². The predicted molar refractivity (Wildman–Crippen MR) is 135 cm³/mol. The molecular formula is C27H34N2O3S. The van der Waals surface area contributed by atoms with Crippen LogP contribution in [0.3, 0.4) is 0 Å². The lowest BCUT2D eigenvalue weighted by atomic mass is 9.87. The number of anilines is 1. The van der Waals surface area contributed by atoms with E-state index in [1.165, 1.54) is 10.4 Å². The fourth-order valence-electron chi connectivity index (χ4n) is 4.41. The van der Waals surface area contributed by atoms with Crippen LogP contribution in [0.2, 0.25) is 0 Å². The van der Waals surface area contributed by atoms with Crippen molar-refractivity contribution < 1.29 is 14.3 Å². The summed E-state index contributed by atoms with van der Waals surface area (Å²) in [6.07, 6.45) is 9.53. The minimum Gasteiger partial charge on any atom is -0.376 e. The highest BCUT2D eigenvalue weighted by Gasteiger charge is 2.27. The molecular weight excluding hydrogens is 432 g/mol. The largest absolute Gasteiger partial charge is 0.376 e. The lowest BCUT2D eigenvalue weighted by Crippen LogP contribution is -2.32. The van der Waals surface area contributed by atoms with Gasteiger partial charge in [0.1, 0.15) is 5.00 Å². The molecule has 1 aliphatic carbocycles. The number of ether oxygens (including phenoxy) is 1. The van der Waals surface area contributed by atoms with Crippen molar-refractivity contribution in [1.82, 2.24) is 5.32 Å². The van der Waals surface area contributed by atoms with E-state index in [9.17, 15) is 9.59 Å². The summed E-state index contributed by atoms with van der Waals surface area (Å²) in [5, 5.41) is 6.68. The molecule has 1 fully saturated rings. The molecule has 1 saturated heterocycles. The van der Waals surface area contributed by atoms with E-state index in [1.807, 2.05) is 18.2 Å². The summed E-state index contributed by atoms with van der Waals surface area (Å²) >= 11 is 1.55. The van der Waals surface area contributed by atoms with Gasteiger partial charge in [-0.2, -0.15) is 0 Å². The molecule has 1 aliphatic heterocycles. The molecule has 0 spiro atoms. The Morgan fingerprint density at radius 3 is 2.58 bits per heavy atom. The van der Waals surface area contributed by atoms with Crippen molar-refractivity contribution in [3.63, 3.8) is 0 Å². The molecule has 2 N–H and O–H groups in total. The molecule has 1 aromatic heterocycles. The Morgan fingerprint density at radius 2 is 1.88 bits per heavy atom. The zero-order valence-corrected chi connectivity index (χ0v) is 20.6. The zero-order valence-electron chi connectivity index (χ0n) is 19.8. The molecule has 2 amide bonds. The van der Waals surface area contributed by atoms with Crippen molar-refractivity contribution in [2.75, 3.05) is 18.5 Å². The van der Waals surface area contributed by atoms with Crippen molar-refractivity contribution >= 4 is 34.2 Å². The van der Waals surface area contributed by atoms with Crippen molar-refractivity contribution in [3.8, 4) is 0 Å². The van der Waals surface area contributed by atoms with Crippen LogP contribution < -0.4 is 10.6 Å². The van der Waals surface area contributed by atoms with Gasteiger partial charge in [-0.15, -0.1) is 11.3 Å². The number of thiophene rings is 1. The van der Waals surface area contributed by atoms with Gasteiger partial charge in [0, 0.05) is 24.1 Å². The van der Waals surface area contributed by atoms with E-state index in [1.54, 1.807) is 17.4 Å². The fraction of sp³-hybridized carbons (Fsp3) is 0.481.